The van der Waals surface area contributed by atoms with Crippen molar-refractivity contribution in [2.45, 2.75) is 13.0 Å². The Morgan fingerprint density at radius 1 is 1.09 bits per heavy atom. The maximum Gasteiger partial charge on any atom is 0.338 e. The number of aromatic nitrogens is 1. The predicted molar refractivity (Wildman–Crippen MR) is 122 cm³/mol. The molecule has 0 amide bonds. The molecule has 0 spiro atoms. The van der Waals surface area contributed by atoms with E-state index in [0.717, 1.165) is 5.56 Å². The molecule has 3 aromatic rings. The Balaban J connectivity index is 1.98. The molecule has 0 fully saturated rings. The molecule has 2 heterocycles. The number of fused-ring (bicyclic) bond motifs is 1. The Bertz CT molecular complexity index is 1390. The highest BCUT2D eigenvalue weighted by molar-refractivity contribution is 7.07. The number of rotatable bonds is 5. The molecule has 8 heteroatoms. The quantitative estimate of drug-likeness (QED) is 0.558. The third kappa shape index (κ3) is 3.73. The van der Waals surface area contributed by atoms with Crippen molar-refractivity contribution < 1.29 is 19.0 Å². The monoisotopic (exact) mass is 450 g/mol. The van der Waals surface area contributed by atoms with Crippen molar-refractivity contribution in [2.75, 3.05) is 21.3 Å². The molecule has 2 aromatic carbocycles. The number of allylic oxidation sites excluding steroid dienone is 1. The largest absolute Gasteiger partial charge is 0.497 e. The summed E-state index contributed by atoms with van der Waals surface area (Å²) in [5.74, 6) is 0.752. The maximum atomic E-state index is 13.6. The van der Waals surface area contributed by atoms with Crippen LogP contribution in [0, 0.1) is 0 Å². The first-order valence-electron chi connectivity index (χ1n) is 9.86. The van der Waals surface area contributed by atoms with Gasteiger partial charge in [0.15, 0.2) is 4.80 Å². The lowest BCUT2D eigenvalue weighted by atomic mass is 9.96. The van der Waals surface area contributed by atoms with E-state index in [4.69, 9.17) is 14.2 Å². The summed E-state index contributed by atoms with van der Waals surface area (Å²) in [7, 11) is 4.48. The molecule has 164 valence electrons. The fourth-order valence-electron chi connectivity index (χ4n) is 3.74. The van der Waals surface area contributed by atoms with E-state index < -0.39 is 12.0 Å². The topological polar surface area (TPSA) is 79.1 Å². The van der Waals surface area contributed by atoms with E-state index >= 15 is 0 Å². The van der Waals surface area contributed by atoms with E-state index in [1.807, 2.05) is 30.3 Å². The van der Waals surface area contributed by atoms with Gasteiger partial charge in [-0.2, -0.15) is 0 Å². The number of hydrogen-bond acceptors (Lipinski definition) is 7. The van der Waals surface area contributed by atoms with Crippen LogP contribution in [0.5, 0.6) is 11.5 Å². The van der Waals surface area contributed by atoms with Crippen molar-refractivity contribution in [2.24, 2.45) is 4.99 Å². The van der Waals surface area contributed by atoms with Crippen LogP contribution < -0.4 is 24.4 Å². The average Bonchev–Trinajstić information content (AvgIpc) is 3.12. The molecule has 1 aromatic heterocycles. The second kappa shape index (κ2) is 8.84. The van der Waals surface area contributed by atoms with Crippen molar-refractivity contribution >= 4 is 23.4 Å². The summed E-state index contributed by atoms with van der Waals surface area (Å²) in [5.41, 5.74) is 2.13. The van der Waals surface area contributed by atoms with Gasteiger partial charge in [-0.05, 0) is 36.8 Å². The van der Waals surface area contributed by atoms with Crippen LogP contribution >= 0.6 is 11.3 Å². The van der Waals surface area contributed by atoms with Gasteiger partial charge in [-0.1, -0.05) is 41.7 Å². The number of hydrogen-bond donors (Lipinski definition) is 0. The summed E-state index contributed by atoms with van der Waals surface area (Å²) in [6.07, 6.45) is 1.75. The maximum absolute atomic E-state index is 13.6. The molecule has 0 saturated heterocycles. The summed E-state index contributed by atoms with van der Waals surface area (Å²) >= 11 is 1.26. The first-order chi connectivity index (χ1) is 15.5. The van der Waals surface area contributed by atoms with Crippen LogP contribution in [0.25, 0.3) is 6.08 Å². The zero-order valence-electron chi connectivity index (χ0n) is 18.1. The SMILES string of the molecule is COC(=O)C1=C(C)N=c2sc(=Cc3cc(OC)ccc3OC)c(=O)n2C1c1ccccc1. The van der Waals surface area contributed by atoms with Crippen LogP contribution in [0.4, 0.5) is 0 Å². The van der Waals surface area contributed by atoms with E-state index in [-0.39, 0.29) is 5.56 Å². The Hall–Kier alpha value is -3.65. The molecule has 0 saturated carbocycles. The zero-order valence-corrected chi connectivity index (χ0v) is 18.9. The van der Waals surface area contributed by atoms with Gasteiger partial charge in [0.1, 0.15) is 11.5 Å². The summed E-state index contributed by atoms with van der Waals surface area (Å²) in [6, 6.07) is 14.1. The lowest BCUT2D eigenvalue weighted by Crippen LogP contribution is -2.39. The molecule has 4 rings (SSSR count). The second-order valence-electron chi connectivity index (χ2n) is 7.09. The van der Waals surface area contributed by atoms with Crippen LogP contribution in [0.2, 0.25) is 0 Å². The number of esters is 1. The molecular formula is C24H22N2O5S. The number of carbonyl (C=O) groups excluding carboxylic acids is 1. The van der Waals surface area contributed by atoms with Gasteiger partial charge in [-0.15, -0.1) is 0 Å². The van der Waals surface area contributed by atoms with E-state index in [0.29, 0.717) is 37.7 Å². The molecule has 32 heavy (non-hydrogen) atoms. The van der Waals surface area contributed by atoms with Gasteiger partial charge < -0.3 is 14.2 Å². The average molecular weight is 451 g/mol. The van der Waals surface area contributed by atoms with Crippen LogP contribution in [0.15, 0.2) is 69.6 Å². The zero-order chi connectivity index (χ0) is 22.8. The van der Waals surface area contributed by atoms with E-state index in [2.05, 4.69) is 4.99 Å². The standard InChI is InChI=1S/C24H22N2O5S/c1-14-20(23(28)31-4)21(15-8-6-5-7-9-15)26-22(27)19(32-24(26)25-14)13-16-12-17(29-2)10-11-18(16)30-3/h5-13,21H,1-4H3. The van der Waals surface area contributed by atoms with Crippen LogP contribution in [0.1, 0.15) is 24.1 Å². The number of thiazole rings is 1. The van der Waals surface area contributed by atoms with E-state index in [1.54, 1.807) is 50.0 Å². The highest BCUT2D eigenvalue weighted by Gasteiger charge is 2.32. The Morgan fingerprint density at radius 3 is 2.50 bits per heavy atom. The highest BCUT2D eigenvalue weighted by Crippen LogP contribution is 2.30. The molecule has 0 radical (unpaired) electrons. The number of nitrogens with zero attached hydrogens (tertiary/aromatic N) is 2. The van der Waals surface area contributed by atoms with Crippen molar-refractivity contribution in [3.63, 3.8) is 0 Å². The second-order valence-corrected chi connectivity index (χ2v) is 8.10. The molecule has 1 unspecified atom stereocenters. The van der Waals surface area contributed by atoms with Crippen LogP contribution in [-0.4, -0.2) is 31.9 Å². The summed E-state index contributed by atoms with van der Waals surface area (Å²) in [4.78, 5) is 31.3. The minimum atomic E-state index is -0.630. The van der Waals surface area contributed by atoms with Gasteiger partial charge in [0.05, 0.1) is 43.2 Å². The van der Waals surface area contributed by atoms with Gasteiger partial charge in [0.25, 0.3) is 5.56 Å². The van der Waals surface area contributed by atoms with Crippen LogP contribution in [0.3, 0.4) is 0 Å². The van der Waals surface area contributed by atoms with Gasteiger partial charge >= 0.3 is 5.97 Å². The minimum Gasteiger partial charge on any atom is -0.497 e. The van der Waals surface area contributed by atoms with Gasteiger partial charge in [-0.25, -0.2) is 9.79 Å². The fourth-order valence-corrected chi connectivity index (χ4v) is 4.77. The molecule has 7 nitrogen and oxygen atoms in total. The van der Waals surface area contributed by atoms with Crippen molar-refractivity contribution in [1.29, 1.82) is 0 Å². The third-order valence-electron chi connectivity index (χ3n) is 5.27. The highest BCUT2D eigenvalue weighted by atomic mass is 32.1. The number of benzene rings is 2. The van der Waals surface area contributed by atoms with Crippen molar-refractivity contribution in [3.8, 4) is 11.5 Å². The molecule has 1 aliphatic heterocycles. The first kappa shape index (κ1) is 21.6. The molecule has 1 atom stereocenters. The Kier molecular flexibility index (Phi) is 5.96. The number of methoxy groups -OCH3 is 3. The van der Waals surface area contributed by atoms with Crippen LogP contribution in [-0.2, 0) is 9.53 Å². The molecule has 0 N–H and O–H groups in total. The van der Waals surface area contributed by atoms with E-state index in [1.165, 1.54) is 18.4 Å². The van der Waals surface area contributed by atoms with E-state index in [9.17, 15) is 9.59 Å². The summed E-state index contributed by atoms with van der Waals surface area (Å²) < 4.78 is 17.8. The molecule has 0 aliphatic carbocycles. The van der Waals surface area contributed by atoms with Crippen molar-refractivity contribution in [3.05, 3.63) is 90.6 Å². The molecule has 1 aliphatic rings. The van der Waals surface area contributed by atoms with Gasteiger partial charge in [0, 0.05) is 5.56 Å². The fraction of sp³-hybridized carbons (Fsp3) is 0.208. The molecular weight excluding hydrogens is 428 g/mol. The summed E-state index contributed by atoms with van der Waals surface area (Å²) in [6.45, 7) is 1.75. The summed E-state index contributed by atoms with van der Waals surface area (Å²) in [5, 5.41) is 0. The lowest BCUT2D eigenvalue weighted by molar-refractivity contribution is -0.136. The van der Waals surface area contributed by atoms with Crippen molar-refractivity contribution in [1.82, 2.24) is 4.57 Å². The Labute approximate surface area is 188 Å². The smallest absolute Gasteiger partial charge is 0.338 e. The minimum absolute atomic E-state index is 0.249. The first-order valence-corrected chi connectivity index (χ1v) is 10.7. The number of ether oxygens (including phenoxy) is 3. The normalized spacial score (nSPS) is 15.8. The third-order valence-corrected chi connectivity index (χ3v) is 6.25. The molecule has 0 bridgehead atoms. The van der Waals surface area contributed by atoms with Gasteiger partial charge in [-0.3, -0.25) is 9.36 Å². The number of carbonyl (C=O) groups is 1. The van der Waals surface area contributed by atoms with Gasteiger partial charge in [0.2, 0.25) is 0 Å². The predicted octanol–water partition coefficient (Wildman–Crippen LogP) is 2.43. The Morgan fingerprint density at radius 2 is 1.84 bits per heavy atom. The lowest BCUT2D eigenvalue weighted by Gasteiger charge is -2.24.